The molecule has 1 fully saturated rings. The SMILES string of the molecule is N#Cc1ccc(NCCC2CCCCO2)c(Br)c1. The normalized spacial score (nSPS) is 19.2. The average molecular weight is 309 g/mol. The van der Waals surface area contributed by atoms with Gasteiger partial charge >= 0.3 is 0 Å². The van der Waals surface area contributed by atoms with Crippen molar-refractivity contribution < 1.29 is 4.74 Å². The summed E-state index contributed by atoms with van der Waals surface area (Å²) in [6, 6.07) is 7.72. The van der Waals surface area contributed by atoms with Gasteiger partial charge in [0.05, 0.1) is 17.7 Å². The third-order valence-electron chi connectivity index (χ3n) is 3.15. The second kappa shape index (κ2) is 6.77. The topological polar surface area (TPSA) is 45.0 Å². The van der Waals surface area contributed by atoms with Crippen molar-refractivity contribution in [2.45, 2.75) is 31.8 Å². The molecule has 18 heavy (non-hydrogen) atoms. The van der Waals surface area contributed by atoms with Crippen LogP contribution in [-0.2, 0) is 4.74 Å². The Bertz CT molecular complexity index is 436. The number of nitrogens with zero attached hydrogens (tertiary/aromatic N) is 1. The van der Waals surface area contributed by atoms with Crippen LogP contribution in [0.25, 0.3) is 0 Å². The van der Waals surface area contributed by atoms with Gasteiger partial charge in [0.1, 0.15) is 0 Å². The molecule has 1 unspecified atom stereocenters. The minimum absolute atomic E-state index is 0.406. The van der Waals surface area contributed by atoms with Crippen LogP contribution in [0.1, 0.15) is 31.2 Å². The van der Waals surface area contributed by atoms with Crippen LogP contribution in [0.3, 0.4) is 0 Å². The van der Waals surface area contributed by atoms with Crippen molar-refractivity contribution in [2.24, 2.45) is 0 Å². The Morgan fingerprint density at radius 3 is 3.00 bits per heavy atom. The molecule has 1 N–H and O–H groups in total. The first-order valence-corrected chi connectivity index (χ1v) is 7.14. The number of nitrogens with one attached hydrogen (secondary N) is 1. The monoisotopic (exact) mass is 308 g/mol. The molecule has 1 saturated heterocycles. The van der Waals surface area contributed by atoms with E-state index in [-0.39, 0.29) is 0 Å². The standard InChI is InChI=1S/C14H17BrN2O/c15-13-9-11(10-16)4-5-14(13)17-7-6-12-3-1-2-8-18-12/h4-5,9,12,17H,1-3,6-8H2. The third-order valence-corrected chi connectivity index (χ3v) is 3.81. The second-order valence-corrected chi connectivity index (χ2v) is 5.36. The molecule has 0 aliphatic carbocycles. The molecule has 1 aliphatic rings. The van der Waals surface area contributed by atoms with Gasteiger partial charge in [-0.3, -0.25) is 0 Å². The highest BCUT2D eigenvalue weighted by Gasteiger charge is 2.13. The predicted molar refractivity (Wildman–Crippen MR) is 75.6 cm³/mol. The van der Waals surface area contributed by atoms with E-state index in [0.29, 0.717) is 11.7 Å². The number of nitriles is 1. The zero-order valence-corrected chi connectivity index (χ0v) is 11.9. The molecule has 1 aromatic carbocycles. The summed E-state index contributed by atoms with van der Waals surface area (Å²) in [6.07, 6.45) is 5.10. The fraction of sp³-hybridized carbons (Fsp3) is 0.500. The van der Waals surface area contributed by atoms with Crippen LogP contribution in [0.15, 0.2) is 22.7 Å². The van der Waals surface area contributed by atoms with Gasteiger partial charge < -0.3 is 10.1 Å². The lowest BCUT2D eigenvalue weighted by atomic mass is 10.1. The van der Waals surface area contributed by atoms with Crippen LogP contribution in [0.4, 0.5) is 5.69 Å². The van der Waals surface area contributed by atoms with E-state index in [4.69, 9.17) is 10.00 Å². The molecule has 1 atom stereocenters. The lowest BCUT2D eigenvalue weighted by Gasteiger charge is -2.22. The summed E-state index contributed by atoms with van der Waals surface area (Å²) in [7, 11) is 0. The van der Waals surface area contributed by atoms with Crippen LogP contribution in [-0.4, -0.2) is 19.3 Å². The highest BCUT2D eigenvalue weighted by molar-refractivity contribution is 9.10. The van der Waals surface area contributed by atoms with Gasteiger partial charge in [0.2, 0.25) is 0 Å². The molecule has 0 amide bonds. The minimum Gasteiger partial charge on any atom is -0.384 e. The number of rotatable bonds is 4. The number of halogens is 1. The van der Waals surface area contributed by atoms with Gasteiger partial charge in [0.15, 0.2) is 0 Å². The Morgan fingerprint density at radius 2 is 2.33 bits per heavy atom. The summed E-state index contributed by atoms with van der Waals surface area (Å²) in [5, 5.41) is 12.2. The Kier molecular flexibility index (Phi) is 5.03. The van der Waals surface area contributed by atoms with E-state index >= 15 is 0 Å². The maximum absolute atomic E-state index is 8.79. The molecular formula is C14H17BrN2O. The molecule has 0 spiro atoms. The third kappa shape index (κ3) is 3.72. The van der Waals surface area contributed by atoms with Gasteiger partial charge in [0, 0.05) is 23.3 Å². The van der Waals surface area contributed by atoms with Crippen molar-refractivity contribution in [1.82, 2.24) is 0 Å². The molecule has 1 aromatic rings. The van der Waals surface area contributed by atoms with Crippen LogP contribution >= 0.6 is 15.9 Å². The summed E-state index contributed by atoms with van der Waals surface area (Å²) < 4.78 is 6.62. The Hall–Kier alpha value is -1.05. The van der Waals surface area contributed by atoms with E-state index in [2.05, 4.69) is 27.3 Å². The molecular weight excluding hydrogens is 292 g/mol. The molecule has 96 valence electrons. The quantitative estimate of drug-likeness (QED) is 0.922. The fourth-order valence-electron chi connectivity index (χ4n) is 2.13. The number of hydrogen-bond acceptors (Lipinski definition) is 3. The van der Waals surface area contributed by atoms with Crippen LogP contribution < -0.4 is 5.32 Å². The zero-order valence-electron chi connectivity index (χ0n) is 10.3. The van der Waals surface area contributed by atoms with E-state index < -0.39 is 0 Å². The van der Waals surface area contributed by atoms with E-state index in [1.807, 2.05) is 18.2 Å². The summed E-state index contributed by atoms with van der Waals surface area (Å²) in [5.41, 5.74) is 1.70. The molecule has 2 rings (SSSR count). The van der Waals surface area contributed by atoms with Crippen LogP contribution in [0.2, 0.25) is 0 Å². The summed E-state index contributed by atoms with van der Waals surface area (Å²) in [4.78, 5) is 0. The molecule has 0 bridgehead atoms. The van der Waals surface area contributed by atoms with Gasteiger partial charge in [-0.1, -0.05) is 0 Å². The lowest BCUT2D eigenvalue weighted by molar-refractivity contribution is 0.0134. The number of anilines is 1. The van der Waals surface area contributed by atoms with Crippen molar-refractivity contribution in [2.75, 3.05) is 18.5 Å². The van der Waals surface area contributed by atoms with Gasteiger partial charge in [-0.25, -0.2) is 0 Å². The van der Waals surface area contributed by atoms with Crippen LogP contribution in [0.5, 0.6) is 0 Å². The highest BCUT2D eigenvalue weighted by Crippen LogP contribution is 2.24. The Morgan fingerprint density at radius 1 is 1.44 bits per heavy atom. The van der Waals surface area contributed by atoms with Gasteiger partial charge in [0.25, 0.3) is 0 Å². The minimum atomic E-state index is 0.406. The summed E-state index contributed by atoms with van der Waals surface area (Å²) in [5.74, 6) is 0. The number of hydrogen-bond donors (Lipinski definition) is 1. The molecule has 3 nitrogen and oxygen atoms in total. The zero-order chi connectivity index (χ0) is 12.8. The van der Waals surface area contributed by atoms with Crippen molar-refractivity contribution in [3.05, 3.63) is 28.2 Å². The molecule has 4 heteroatoms. The molecule has 0 aromatic heterocycles. The number of benzene rings is 1. The maximum atomic E-state index is 8.79. The molecule has 0 radical (unpaired) electrons. The van der Waals surface area contributed by atoms with Crippen molar-refractivity contribution in [1.29, 1.82) is 5.26 Å². The summed E-state index contributed by atoms with van der Waals surface area (Å²) >= 11 is 3.47. The molecule has 1 aliphatic heterocycles. The highest BCUT2D eigenvalue weighted by atomic mass is 79.9. The first kappa shape index (κ1) is 13.4. The maximum Gasteiger partial charge on any atom is 0.0992 e. The predicted octanol–water partition coefficient (Wildman–Crippen LogP) is 3.69. The first-order valence-electron chi connectivity index (χ1n) is 6.35. The van der Waals surface area contributed by atoms with Gasteiger partial charge in [-0.15, -0.1) is 0 Å². The Labute approximate surface area is 116 Å². The van der Waals surface area contributed by atoms with Crippen LogP contribution in [0, 0.1) is 11.3 Å². The smallest absolute Gasteiger partial charge is 0.0992 e. The lowest BCUT2D eigenvalue weighted by Crippen LogP contribution is -2.22. The van der Waals surface area contributed by atoms with E-state index in [1.165, 1.54) is 19.3 Å². The van der Waals surface area contributed by atoms with Gasteiger partial charge in [-0.2, -0.15) is 5.26 Å². The van der Waals surface area contributed by atoms with Gasteiger partial charge in [-0.05, 0) is 59.8 Å². The van der Waals surface area contributed by atoms with Crippen molar-refractivity contribution >= 4 is 21.6 Å². The Balaban J connectivity index is 1.81. The van der Waals surface area contributed by atoms with E-state index in [9.17, 15) is 0 Å². The largest absolute Gasteiger partial charge is 0.384 e. The van der Waals surface area contributed by atoms with E-state index in [0.717, 1.165) is 29.7 Å². The van der Waals surface area contributed by atoms with Crippen molar-refractivity contribution in [3.63, 3.8) is 0 Å². The number of ether oxygens (including phenoxy) is 1. The average Bonchev–Trinajstić information content (AvgIpc) is 2.42. The van der Waals surface area contributed by atoms with E-state index in [1.54, 1.807) is 0 Å². The first-order chi connectivity index (χ1) is 8.79. The fourth-order valence-corrected chi connectivity index (χ4v) is 2.65. The molecule has 0 saturated carbocycles. The summed E-state index contributed by atoms with van der Waals surface area (Å²) in [6.45, 7) is 1.81. The molecule has 1 heterocycles. The van der Waals surface area contributed by atoms with Crippen molar-refractivity contribution in [3.8, 4) is 6.07 Å². The second-order valence-electron chi connectivity index (χ2n) is 4.51.